The van der Waals surface area contributed by atoms with E-state index in [1.54, 1.807) is 0 Å². The van der Waals surface area contributed by atoms with E-state index >= 15 is 0 Å². The molecule has 28 heavy (non-hydrogen) atoms. The van der Waals surface area contributed by atoms with Crippen LogP contribution in [0.4, 0.5) is 17.6 Å². The van der Waals surface area contributed by atoms with Crippen LogP contribution in [0.2, 0.25) is 5.02 Å². The number of rotatable bonds is 4. The molecule has 0 bridgehead atoms. The van der Waals surface area contributed by atoms with Gasteiger partial charge in [-0.1, -0.05) is 17.7 Å². The molecule has 0 N–H and O–H groups in total. The molecule has 0 aliphatic rings. The van der Waals surface area contributed by atoms with Crippen LogP contribution in [-0.4, -0.2) is 22.9 Å². The highest BCUT2D eigenvalue weighted by molar-refractivity contribution is 6.31. The predicted octanol–water partition coefficient (Wildman–Crippen LogP) is 5.08. The number of ether oxygens (including phenoxy) is 1. The van der Waals surface area contributed by atoms with Gasteiger partial charge in [-0.3, -0.25) is 4.68 Å². The SMILES string of the molecule is COC(=O)/C=C/c1nn(Cc2ccc(F)cc2Cl)c2ccc(C(F)(F)F)cc12. The summed E-state index contributed by atoms with van der Waals surface area (Å²) in [5.41, 5.74) is 0.255. The summed E-state index contributed by atoms with van der Waals surface area (Å²) < 4.78 is 58.4. The van der Waals surface area contributed by atoms with Gasteiger partial charge in [0, 0.05) is 16.5 Å². The third kappa shape index (κ3) is 4.17. The van der Waals surface area contributed by atoms with Gasteiger partial charge in [0.15, 0.2) is 0 Å². The second-order valence-electron chi connectivity index (χ2n) is 5.86. The molecule has 0 aliphatic heterocycles. The van der Waals surface area contributed by atoms with Gasteiger partial charge in [0.2, 0.25) is 0 Å². The lowest BCUT2D eigenvalue weighted by molar-refractivity contribution is -0.137. The van der Waals surface area contributed by atoms with Gasteiger partial charge < -0.3 is 4.74 Å². The summed E-state index contributed by atoms with van der Waals surface area (Å²) in [4.78, 5) is 11.3. The molecule has 3 rings (SSSR count). The van der Waals surface area contributed by atoms with E-state index in [0.29, 0.717) is 11.1 Å². The summed E-state index contributed by atoms with van der Waals surface area (Å²) in [5.74, 6) is -1.17. The maximum Gasteiger partial charge on any atom is 0.416 e. The molecular weight excluding hydrogens is 400 g/mol. The summed E-state index contributed by atoms with van der Waals surface area (Å²) >= 11 is 6.04. The second-order valence-corrected chi connectivity index (χ2v) is 6.27. The van der Waals surface area contributed by atoms with Crippen molar-refractivity contribution in [3.63, 3.8) is 0 Å². The van der Waals surface area contributed by atoms with E-state index in [0.717, 1.165) is 24.3 Å². The molecule has 0 saturated heterocycles. The zero-order chi connectivity index (χ0) is 20.5. The van der Waals surface area contributed by atoms with E-state index in [1.807, 2.05) is 0 Å². The Morgan fingerprint density at radius 2 is 2.00 bits per heavy atom. The third-order valence-corrected chi connectivity index (χ3v) is 4.37. The Bertz CT molecular complexity index is 1070. The molecule has 0 unspecified atom stereocenters. The van der Waals surface area contributed by atoms with E-state index in [2.05, 4.69) is 9.84 Å². The van der Waals surface area contributed by atoms with Crippen molar-refractivity contribution < 1.29 is 27.1 Å². The molecule has 1 heterocycles. The zero-order valence-corrected chi connectivity index (χ0v) is 15.2. The molecule has 2 aromatic carbocycles. The normalized spacial score (nSPS) is 12.1. The molecule has 4 nitrogen and oxygen atoms in total. The number of esters is 1. The Hall–Kier alpha value is -2.87. The van der Waals surface area contributed by atoms with E-state index in [-0.39, 0.29) is 22.6 Å². The molecule has 0 fully saturated rings. The lowest BCUT2D eigenvalue weighted by Gasteiger charge is -2.08. The summed E-state index contributed by atoms with van der Waals surface area (Å²) in [7, 11) is 1.18. The number of fused-ring (bicyclic) bond motifs is 1. The van der Waals surface area contributed by atoms with Crippen molar-refractivity contribution in [2.75, 3.05) is 7.11 Å². The molecule has 146 valence electrons. The minimum Gasteiger partial charge on any atom is -0.466 e. The van der Waals surface area contributed by atoms with Crippen LogP contribution in [0.15, 0.2) is 42.5 Å². The molecule has 0 saturated carbocycles. The van der Waals surface area contributed by atoms with Gasteiger partial charge in [-0.05, 0) is 42.0 Å². The van der Waals surface area contributed by atoms with Crippen LogP contribution in [0, 0.1) is 5.82 Å². The fourth-order valence-electron chi connectivity index (χ4n) is 2.65. The van der Waals surface area contributed by atoms with Crippen molar-refractivity contribution in [1.29, 1.82) is 0 Å². The number of hydrogen-bond donors (Lipinski definition) is 0. The van der Waals surface area contributed by atoms with Crippen molar-refractivity contribution >= 4 is 34.5 Å². The number of nitrogens with zero attached hydrogens (tertiary/aromatic N) is 2. The van der Waals surface area contributed by atoms with Crippen LogP contribution in [0.25, 0.3) is 17.0 Å². The Morgan fingerprint density at radius 1 is 1.25 bits per heavy atom. The largest absolute Gasteiger partial charge is 0.466 e. The fraction of sp³-hybridized carbons (Fsp3) is 0.158. The highest BCUT2D eigenvalue weighted by Crippen LogP contribution is 2.33. The van der Waals surface area contributed by atoms with Crippen molar-refractivity contribution in [1.82, 2.24) is 9.78 Å². The third-order valence-electron chi connectivity index (χ3n) is 4.02. The van der Waals surface area contributed by atoms with E-state index in [1.165, 1.54) is 36.1 Å². The number of carbonyl (C=O) groups excluding carboxylic acids is 1. The van der Waals surface area contributed by atoms with Gasteiger partial charge in [0.1, 0.15) is 5.82 Å². The van der Waals surface area contributed by atoms with Crippen molar-refractivity contribution in [3.8, 4) is 0 Å². The van der Waals surface area contributed by atoms with Gasteiger partial charge in [-0.15, -0.1) is 0 Å². The maximum atomic E-state index is 13.2. The molecular formula is C19H13ClF4N2O2. The summed E-state index contributed by atoms with van der Waals surface area (Å²) in [6.07, 6.45) is -2.19. The number of hydrogen-bond acceptors (Lipinski definition) is 3. The minimum atomic E-state index is -4.53. The fourth-order valence-corrected chi connectivity index (χ4v) is 2.88. The van der Waals surface area contributed by atoms with Gasteiger partial charge >= 0.3 is 12.1 Å². The van der Waals surface area contributed by atoms with Crippen LogP contribution >= 0.6 is 11.6 Å². The smallest absolute Gasteiger partial charge is 0.416 e. The summed E-state index contributed by atoms with van der Waals surface area (Å²) in [6.45, 7) is 0.104. The molecule has 0 radical (unpaired) electrons. The maximum absolute atomic E-state index is 13.2. The predicted molar refractivity (Wildman–Crippen MR) is 96.3 cm³/mol. The first-order valence-corrected chi connectivity index (χ1v) is 8.34. The monoisotopic (exact) mass is 412 g/mol. The number of benzene rings is 2. The molecule has 0 spiro atoms. The number of halogens is 5. The average Bonchev–Trinajstić information content (AvgIpc) is 2.98. The summed E-state index contributed by atoms with van der Waals surface area (Å²) in [6, 6.07) is 7.04. The van der Waals surface area contributed by atoms with Crippen molar-refractivity contribution in [3.05, 3.63) is 70.1 Å². The number of methoxy groups -OCH3 is 1. The van der Waals surface area contributed by atoms with E-state index in [4.69, 9.17) is 11.6 Å². The van der Waals surface area contributed by atoms with Crippen LogP contribution in [0.3, 0.4) is 0 Å². The Morgan fingerprint density at radius 3 is 2.64 bits per heavy atom. The Labute approximate surface area is 162 Å². The summed E-state index contributed by atoms with van der Waals surface area (Å²) in [5, 5.41) is 4.65. The standard InChI is InChI=1S/C19H13ClF4N2O2/c1-28-18(27)7-5-16-14-8-12(19(22,23)24)3-6-17(14)26(25-16)10-11-2-4-13(21)9-15(11)20/h2-9H,10H2,1H3/b7-5+. The van der Waals surface area contributed by atoms with Gasteiger partial charge in [0.25, 0.3) is 0 Å². The Balaban J connectivity index is 2.12. The van der Waals surface area contributed by atoms with Crippen LogP contribution in [-0.2, 0) is 22.3 Å². The van der Waals surface area contributed by atoms with Gasteiger partial charge in [-0.2, -0.15) is 18.3 Å². The van der Waals surface area contributed by atoms with Crippen molar-refractivity contribution in [2.24, 2.45) is 0 Å². The highest BCUT2D eigenvalue weighted by Gasteiger charge is 2.31. The lowest BCUT2D eigenvalue weighted by Crippen LogP contribution is -2.05. The second kappa shape index (κ2) is 7.63. The highest BCUT2D eigenvalue weighted by atomic mass is 35.5. The van der Waals surface area contributed by atoms with Crippen LogP contribution in [0.5, 0.6) is 0 Å². The van der Waals surface area contributed by atoms with Gasteiger partial charge in [-0.25, -0.2) is 9.18 Å². The average molecular weight is 413 g/mol. The first-order chi connectivity index (χ1) is 13.2. The number of aromatic nitrogens is 2. The van der Waals surface area contributed by atoms with Crippen molar-refractivity contribution in [2.45, 2.75) is 12.7 Å². The van der Waals surface area contributed by atoms with Gasteiger partial charge in [0.05, 0.1) is 30.4 Å². The number of alkyl halides is 3. The van der Waals surface area contributed by atoms with Crippen LogP contribution < -0.4 is 0 Å². The first kappa shape index (κ1) is 19.9. The molecule has 3 aromatic rings. The van der Waals surface area contributed by atoms with E-state index in [9.17, 15) is 22.4 Å². The van der Waals surface area contributed by atoms with E-state index < -0.39 is 23.5 Å². The first-order valence-electron chi connectivity index (χ1n) is 7.97. The molecule has 9 heteroatoms. The topological polar surface area (TPSA) is 44.1 Å². The molecule has 1 aromatic heterocycles. The minimum absolute atomic E-state index is 0.104. The molecule has 0 aliphatic carbocycles. The number of carbonyl (C=O) groups is 1. The quantitative estimate of drug-likeness (QED) is 0.341. The lowest BCUT2D eigenvalue weighted by atomic mass is 10.1. The Kier molecular flexibility index (Phi) is 5.42. The van der Waals surface area contributed by atoms with Crippen LogP contribution in [0.1, 0.15) is 16.8 Å². The molecule has 0 amide bonds. The molecule has 0 atom stereocenters. The zero-order valence-electron chi connectivity index (χ0n) is 14.4.